The average Bonchev–Trinajstić information content (AvgIpc) is 1.61. The van der Waals surface area contributed by atoms with Crippen molar-refractivity contribution in [2.75, 3.05) is 43.4 Å². The number of anilines is 1. The minimum absolute atomic E-state index is 0.0114. The molecule has 0 bridgehead atoms. The van der Waals surface area contributed by atoms with Crippen molar-refractivity contribution < 1.29 is 33.5 Å². The number of hydrogen-bond acceptors (Lipinski definition) is 10. The van der Waals surface area contributed by atoms with Crippen molar-refractivity contribution in [2.45, 2.75) is 307 Å². The van der Waals surface area contributed by atoms with Gasteiger partial charge in [-0.05, 0) is 188 Å². The van der Waals surface area contributed by atoms with E-state index < -0.39 is 0 Å². The van der Waals surface area contributed by atoms with E-state index in [0.29, 0.717) is 137 Å². The molecule has 16 rings (SSSR count). The van der Waals surface area contributed by atoms with Gasteiger partial charge in [0.1, 0.15) is 6.23 Å². The predicted molar refractivity (Wildman–Crippen MR) is 457 cm³/mol. The summed E-state index contributed by atoms with van der Waals surface area (Å²) in [6, 6.07) is 34.6. The van der Waals surface area contributed by atoms with Crippen LogP contribution in [0.3, 0.4) is 0 Å². The van der Waals surface area contributed by atoms with E-state index in [0.717, 1.165) is 109 Å². The fourth-order valence-corrected chi connectivity index (χ4v) is 22.5. The molecule has 6 amide bonds. The molecule has 4 aromatic carbocycles. The first-order valence-corrected chi connectivity index (χ1v) is 45.3. The van der Waals surface area contributed by atoms with E-state index in [2.05, 4.69) is 259 Å². The first-order valence-electron chi connectivity index (χ1n) is 44.3. The Kier molecular flexibility index (Phi) is 29.0. The molecule has 0 spiro atoms. The lowest BCUT2D eigenvalue weighted by Crippen LogP contribution is -2.54. The highest BCUT2D eigenvalue weighted by molar-refractivity contribution is 8.00. The topological polar surface area (TPSA) is 138 Å². The highest BCUT2D eigenvalue weighted by Gasteiger charge is 2.50. The van der Waals surface area contributed by atoms with Crippen LogP contribution < -0.4 is 4.90 Å². The second-order valence-electron chi connectivity index (χ2n) is 38.5. The maximum atomic E-state index is 13.3. The van der Waals surface area contributed by atoms with E-state index in [1.807, 2.05) is 35.7 Å². The van der Waals surface area contributed by atoms with Crippen LogP contribution in [0.25, 0.3) is 0 Å². The van der Waals surface area contributed by atoms with Crippen LogP contribution in [0.5, 0.6) is 0 Å². The highest BCUT2D eigenvalue weighted by Crippen LogP contribution is 2.47. The first-order chi connectivity index (χ1) is 53.2. The third kappa shape index (κ3) is 18.2. The lowest BCUT2D eigenvalue weighted by atomic mass is 9.84. The minimum Gasteiger partial charge on any atom is -0.356 e. The molecule has 616 valence electrons. The van der Waals surface area contributed by atoms with Crippen molar-refractivity contribution in [2.24, 2.45) is 76.9 Å². The second kappa shape index (κ2) is 37.5. The number of amides is 6. The fourth-order valence-electron chi connectivity index (χ4n) is 21.1. The van der Waals surface area contributed by atoms with Crippen LogP contribution in [0.15, 0.2) is 91.0 Å². The van der Waals surface area contributed by atoms with Crippen LogP contribution in [0.1, 0.15) is 266 Å². The number of rotatable bonds is 10. The van der Waals surface area contributed by atoms with Gasteiger partial charge in [0.2, 0.25) is 35.4 Å². The Morgan fingerprint density at radius 3 is 1.37 bits per heavy atom. The highest BCUT2D eigenvalue weighted by atomic mass is 32.2. The van der Waals surface area contributed by atoms with Gasteiger partial charge in [-0.3, -0.25) is 38.8 Å². The van der Waals surface area contributed by atoms with Crippen molar-refractivity contribution in [3.05, 3.63) is 136 Å². The number of hydrazine groups is 2. The van der Waals surface area contributed by atoms with Gasteiger partial charge in [-0.1, -0.05) is 229 Å². The van der Waals surface area contributed by atoms with Gasteiger partial charge in [-0.25, -0.2) is 10.0 Å². The molecule has 0 N–H and O–H groups in total. The van der Waals surface area contributed by atoms with Crippen molar-refractivity contribution in [3.8, 4) is 0 Å². The van der Waals surface area contributed by atoms with E-state index in [1.54, 1.807) is 0 Å². The van der Waals surface area contributed by atoms with Gasteiger partial charge in [-0.2, -0.15) is 0 Å². The molecule has 0 unspecified atom stereocenters. The summed E-state index contributed by atoms with van der Waals surface area (Å²) in [5.41, 5.74) is 11.7. The Morgan fingerprint density at radius 1 is 0.366 bits per heavy atom. The minimum atomic E-state index is -0.0881. The normalized spacial score (nSPS) is 29.4. The average molecular weight is 1550 g/mol. The number of hydrogen-bond donors (Lipinski definition) is 0. The predicted octanol–water partition coefficient (Wildman–Crippen LogP) is 18.3. The molecule has 15 nitrogen and oxygen atoms in total. The largest absolute Gasteiger partial charge is 0.356 e. The van der Waals surface area contributed by atoms with E-state index in [4.69, 9.17) is 4.74 Å². The molecule has 12 heterocycles. The lowest BCUT2D eigenvalue weighted by molar-refractivity contribution is -0.163. The Bertz CT molecular complexity index is 3790. The number of carbonyl (C=O) groups is 6. The van der Waals surface area contributed by atoms with Gasteiger partial charge in [-0.15, -0.1) is 11.8 Å². The third-order valence-electron chi connectivity index (χ3n) is 27.6. The van der Waals surface area contributed by atoms with Crippen LogP contribution in [0.2, 0.25) is 0 Å². The third-order valence-corrected chi connectivity index (χ3v) is 29.1. The number of fused-ring (bicyclic) bond motifs is 8. The fraction of sp³-hybridized carbons (Fsp3) is 0.688. The zero-order chi connectivity index (χ0) is 81.2. The smallest absolute Gasteiger partial charge is 0.240 e. The zero-order valence-electron chi connectivity index (χ0n) is 72.9. The van der Waals surface area contributed by atoms with Gasteiger partial charge >= 0.3 is 0 Å². The lowest BCUT2D eigenvalue weighted by Gasteiger charge is -2.42. The van der Waals surface area contributed by atoms with E-state index in [1.165, 1.54) is 56.6 Å². The van der Waals surface area contributed by atoms with Gasteiger partial charge in [0.25, 0.3) is 0 Å². The summed E-state index contributed by atoms with van der Waals surface area (Å²) in [4.78, 5) is 85.7. The number of benzene rings is 4. The summed E-state index contributed by atoms with van der Waals surface area (Å²) < 4.78 is 5.97. The molecular weight excluding hydrogens is 1410 g/mol. The summed E-state index contributed by atoms with van der Waals surface area (Å²) in [5.74, 6) is 8.40. The molecule has 12 aliphatic heterocycles. The molecule has 0 aliphatic carbocycles. The van der Waals surface area contributed by atoms with Crippen molar-refractivity contribution in [1.82, 2.24) is 34.7 Å². The number of para-hydroxylation sites is 1. The Morgan fingerprint density at radius 2 is 0.830 bits per heavy atom. The number of thioether (sulfide) groups is 1. The molecule has 0 aromatic heterocycles. The maximum Gasteiger partial charge on any atom is 0.240 e. The Labute approximate surface area is 680 Å². The SMILES string of the molecule is CC(C)[C@@H]1C(=O)N2[C@@H](Cc3ccccc31)OC[C@H]2C(C)C.CC(C)[C@@H]1C(=O)N2[C@H](CC[C@H]2C(C)C)Cc2ccccc21.CC(C)[C@H]1CCCN2CC[C@@H](C(C)C)N2C1=O.CC(C)[C@H]1CCN2CC[C@@H](C(C)C)N2C1=O.CC(C)[C@H]1CCc2cccc3c2N(C1=O)[C@H](C(C)C)C3.C[C@@H]1C(=O)N2[C@H](C)CS[C@@H]2Cc2ccccc21. The Hall–Kier alpha value is -6.07. The quantitative estimate of drug-likeness (QED) is 0.151. The molecular formula is C96H144N8O7S. The van der Waals surface area contributed by atoms with Gasteiger partial charge in [0, 0.05) is 86.7 Å². The molecule has 0 radical (unpaired) electrons. The number of aryl methyl sites for hydroxylation is 1. The van der Waals surface area contributed by atoms with Crippen molar-refractivity contribution >= 4 is 52.9 Å². The molecule has 12 aliphatic rings. The molecule has 7 fully saturated rings. The molecule has 0 saturated carbocycles. The molecule has 16 heteroatoms. The summed E-state index contributed by atoms with van der Waals surface area (Å²) >= 11 is 1.92. The first kappa shape index (κ1) is 86.8. The van der Waals surface area contributed by atoms with Crippen molar-refractivity contribution in [3.63, 3.8) is 0 Å². The molecule has 15 atom stereocenters. The van der Waals surface area contributed by atoms with Crippen LogP contribution in [0, 0.1) is 76.9 Å². The second-order valence-corrected chi connectivity index (χ2v) is 39.7. The van der Waals surface area contributed by atoms with Crippen molar-refractivity contribution in [1.29, 1.82) is 0 Å². The molecule has 112 heavy (non-hydrogen) atoms. The summed E-state index contributed by atoms with van der Waals surface area (Å²) in [6.07, 6.45) is 13.7. The van der Waals surface area contributed by atoms with E-state index in [9.17, 15) is 28.8 Å². The van der Waals surface area contributed by atoms with Gasteiger partial charge in [0.05, 0.1) is 53.5 Å². The number of nitrogens with zero attached hydrogens (tertiary/aromatic N) is 8. The summed E-state index contributed by atoms with van der Waals surface area (Å²) in [7, 11) is 0. The van der Waals surface area contributed by atoms with E-state index >= 15 is 0 Å². The maximum absolute atomic E-state index is 13.3. The standard InChI is InChI=1S/C19H27NO.C18H25NO2.C18H25NO.C14H26N2O.C14H17NOS.C13H24N2O/c1-12(2)17-10-9-15-11-14-7-5-6-8-16(14)18(13(3)4)19(21)20(15)17;1-11(2)15-10-21-16-9-13-7-5-6-8-14(13)17(12(3)4)18(20)19(15)16;1-11(2)15-9-8-13-6-5-7-14-10-16(12(3)4)19(17(13)14)18(15)20;1-10(2)12-6-5-8-15-9-7-13(11(3)4)16(15)14(12)17;1-9-8-17-13-7-11-5-3-4-6-12(11)10(2)14(16)15(9)13;1-9(2)11-5-7-14-8-6-12(10(3)4)15(14)13(11)16/h5-8,12-13,15,17-18H,9-11H2,1-4H3;5-8,11-12,15-17H,9-10H2,1-4H3;5-7,11-12,15-16H,8-10H2,1-4H3;10-13H,5-9H2,1-4H3;3-6,9-10,13H,7-8H2,1-2H3;9-12H,5-8H2,1-4H3/t15-,17+,18+;15-,16+,17-;15-,16+;12-,13+;9-,10+,13-;11-,12+/m101111/s1. The monoisotopic (exact) mass is 1550 g/mol. The van der Waals surface area contributed by atoms with Crippen LogP contribution in [-0.2, 0) is 65.6 Å². The zero-order valence-corrected chi connectivity index (χ0v) is 73.7. The van der Waals surface area contributed by atoms with Gasteiger partial charge < -0.3 is 24.3 Å². The van der Waals surface area contributed by atoms with E-state index in [-0.39, 0.29) is 53.7 Å². The Balaban J connectivity index is 0.000000133. The van der Waals surface area contributed by atoms with Gasteiger partial charge in [0.15, 0.2) is 0 Å². The van der Waals surface area contributed by atoms with Crippen LogP contribution in [-0.4, -0.2) is 163 Å². The summed E-state index contributed by atoms with van der Waals surface area (Å²) in [5, 5.41) is 9.12. The number of carbonyl (C=O) groups excluding carboxylic acids is 6. The summed E-state index contributed by atoms with van der Waals surface area (Å²) in [6.45, 7) is 53.1. The van der Waals surface area contributed by atoms with Crippen LogP contribution >= 0.6 is 11.8 Å². The van der Waals surface area contributed by atoms with Crippen LogP contribution in [0.4, 0.5) is 5.69 Å². The number of ether oxygens (including phenoxy) is 1. The molecule has 7 saturated heterocycles. The molecule has 4 aromatic rings.